The summed E-state index contributed by atoms with van der Waals surface area (Å²) in [7, 11) is 0. The molecule has 0 atom stereocenters. The molecule has 4 heteroatoms. The Hall–Kier alpha value is -7.82. The zero-order valence-corrected chi connectivity index (χ0v) is 32.5. The molecule has 3 heterocycles. The SMILES string of the molecule is C=C/C(=C\C=C(/C)c1cccc2ccccc12)c1nc(-n2c3ccccc3c3cc(-c4ccc5c(c4)c4ccccc4n5-c4ccccc4)ccc32)nc2ccccc12. The van der Waals surface area contributed by atoms with Crippen LogP contribution in [0.4, 0.5) is 0 Å². The summed E-state index contributed by atoms with van der Waals surface area (Å²) in [6.45, 7) is 6.42. The molecule has 11 rings (SSSR count). The van der Waals surface area contributed by atoms with E-state index in [9.17, 15) is 0 Å². The summed E-state index contributed by atoms with van der Waals surface area (Å²) >= 11 is 0. The third-order valence-electron chi connectivity index (χ3n) is 11.7. The lowest BCUT2D eigenvalue weighted by atomic mass is 9.98. The lowest BCUT2D eigenvalue weighted by Crippen LogP contribution is -2.04. The maximum atomic E-state index is 5.37. The number of hydrogen-bond acceptors (Lipinski definition) is 2. The number of aromatic nitrogens is 4. The Labute approximate surface area is 342 Å². The lowest BCUT2D eigenvalue weighted by Gasteiger charge is -2.12. The normalized spacial score (nSPS) is 12.4. The van der Waals surface area contributed by atoms with E-state index in [1.165, 1.54) is 49.3 Å². The smallest absolute Gasteiger partial charge is 0.235 e. The third-order valence-corrected chi connectivity index (χ3v) is 11.7. The van der Waals surface area contributed by atoms with E-state index in [1.54, 1.807) is 0 Å². The topological polar surface area (TPSA) is 35.6 Å². The van der Waals surface area contributed by atoms with E-state index in [-0.39, 0.29) is 0 Å². The molecule has 3 aromatic heterocycles. The molecule has 0 N–H and O–H groups in total. The van der Waals surface area contributed by atoms with Crippen LogP contribution in [0, 0.1) is 0 Å². The van der Waals surface area contributed by atoms with Gasteiger partial charge < -0.3 is 4.57 Å². The van der Waals surface area contributed by atoms with Crippen molar-refractivity contribution in [2.45, 2.75) is 6.92 Å². The number of para-hydroxylation sites is 4. The number of benzene rings is 8. The number of fused-ring (bicyclic) bond motifs is 8. The van der Waals surface area contributed by atoms with Crippen molar-refractivity contribution in [2.75, 3.05) is 0 Å². The van der Waals surface area contributed by atoms with Gasteiger partial charge in [0.2, 0.25) is 5.95 Å². The molecule has 0 aliphatic rings. The van der Waals surface area contributed by atoms with Crippen molar-refractivity contribution in [3.8, 4) is 22.8 Å². The van der Waals surface area contributed by atoms with Crippen molar-refractivity contribution in [1.29, 1.82) is 0 Å². The summed E-state index contributed by atoms with van der Waals surface area (Å²) in [5.74, 6) is 0.621. The fraction of sp³-hybridized carbons (Fsp3) is 0.0182. The Balaban J connectivity index is 1.06. The van der Waals surface area contributed by atoms with Gasteiger partial charge in [0, 0.05) is 38.2 Å². The predicted molar refractivity (Wildman–Crippen MR) is 249 cm³/mol. The molecule has 0 amide bonds. The van der Waals surface area contributed by atoms with Crippen LogP contribution in [-0.4, -0.2) is 19.1 Å². The highest BCUT2D eigenvalue weighted by molar-refractivity contribution is 6.12. The first-order valence-electron chi connectivity index (χ1n) is 20.0. The summed E-state index contributed by atoms with van der Waals surface area (Å²) in [6.07, 6.45) is 6.21. The van der Waals surface area contributed by atoms with Gasteiger partial charge in [-0.2, -0.15) is 0 Å². The molecule has 0 bridgehead atoms. The summed E-state index contributed by atoms with van der Waals surface area (Å²) in [5, 5.41) is 8.21. The molecule has 278 valence electrons. The van der Waals surface area contributed by atoms with Gasteiger partial charge in [0.1, 0.15) is 0 Å². The van der Waals surface area contributed by atoms with Crippen molar-refractivity contribution < 1.29 is 0 Å². The van der Waals surface area contributed by atoms with Crippen LogP contribution in [-0.2, 0) is 0 Å². The van der Waals surface area contributed by atoms with E-state index in [1.807, 2.05) is 18.2 Å². The molecule has 0 unspecified atom stereocenters. The zero-order valence-electron chi connectivity index (χ0n) is 32.5. The fourth-order valence-electron chi connectivity index (χ4n) is 8.88. The molecule has 0 fully saturated rings. The molecule has 0 aliphatic heterocycles. The summed E-state index contributed by atoms with van der Waals surface area (Å²) in [5.41, 5.74) is 13.0. The molecule has 8 aromatic carbocycles. The average molecular weight is 755 g/mol. The summed E-state index contributed by atoms with van der Waals surface area (Å²) < 4.78 is 4.57. The highest BCUT2D eigenvalue weighted by atomic mass is 15.2. The predicted octanol–water partition coefficient (Wildman–Crippen LogP) is 14.3. The Bertz CT molecular complexity index is 3520. The van der Waals surface area contributed by atoms with Crippen molar-refractivity contribution in [3.05, 3.63) is 218 Å². The van der Waals surface area contributed by atoms with E-state index in [0.29, 0.717) is 5.95 Å². The Kier molecular flexibility index (Phi) is 8.16. The molecular formula is C55H38N4. The molecular weight excluding hydrogens is 717 g/mol. The monoisotopic (exact) mass is 754 g/mol. The second-order valence-electron chi connectivity index (χ2n) is 15.1. The van der Waals surface area contributed by atoms with Gasteiger partial charge >= 0.3 is 0 Å². The molecule has 59 heavy (non-hydrogen) atoms. The standard InChI is InChI=1S/C55H38N4/c1-3-37(29-28-36(2)42-24-15-17-38-16-7-8-20-43(38)42)54-46-23-9-12-25-49(46)56-55(57-54)59-51-27-14-11-22-45(51)48-35-40(31-33-53(48)59)39-30-32-52-47(34-39)44-21-10-13-26-50(44)58(52)41-18-5-4-6-19-41/h3-35H,1H2,2H3/b36-28+,37-29+. The van der Waals surface area contributed by atoms with Crippen LogP contribution in [0.15, 0.2) is 207 Å². The van der Waals surface area contributed by atoms with Crippen LogP contribution < -0.4 is 0 Å². The van der Waals surface area contributed by atoms with Crippen LogP contribution in [0.25, 0.3) is 99.2 Å². The van der Waals surface area contributed by atoms with Crippen LogP contribution in [0.1, 0.15) is 18.2 Å². The van der Waals surface area contributed by atoms with E-state index in [2.05, 4.69) is 205 Å². The summed E-state index contributed by atoms with van der Waals surface area (Å²) in [4.78, 5) is 10.6. The molecule has 0 saturated heterocycles. The van der Waals surface area contributed by atoms with Crippen molar-refractivity contribution in [1.82, 2.24) is 19.1 Å². The van der Waals surface area contributed by atoms with Crippen molar-refractivity contribution >= 4 is 76.4 Å². The molecule has 0 aliphatic carbocycles. The molecule has 0 spiro atoms. The van der Waals surface area contributed by atoms with E-state index in [0.717, 1.165) is 55.2 Å². The minimum absolute atomic E-state index is 0.621. The van der Waals surface area contributed by atoms with Gasteiger partial charge in [0.25, 0.3) is 0 Å². The van der Waals surface area contributed by atoms with Crippen LogP contribution in [0.5, 0.6) is 0 Å². The minimum Gasteiger partial charge on any atom is -0.309 e. The highest BCUT2D eigenvalue weighted by Gasteiger charge is 2.19. The molecule has 4 nitrogen and oxygen atoms in total. The second-order valence-corrected chi connectivity index (χ2v) is 15.1. The van der Waals surface area contributed by atoms with Crippen LogP contribution >= 0.6 is 0 Å². The van der Waals surface area contributed by atoms with E-state index >= 15 is 0 Å². The van der Waals surface area contributed by atoms with Gasteiger partial charge in [-0.1, -0.05) is 152 Å². The van der Waals surface area contributed by atoms with Gasteiger partial charge in [-0.15, -0.1) is 0 Å². The average Bonchev–Trinajstić information content (AvgIpc) is 3.81. The highest BCUT2D eigenvalue weighted by Crippen LogP contribution is 2.38. The number of nitrogens with zero attached hydrogens (tertiary/aromatic N) is 4. The van der Waals surface area contributed by atoms with E-state index < -0.39 is 0 Å². The fourth-order valence-corrected chi connectivity index (χ4v) is 8.88. The minimum atomic E-state index is 0.621. The van der Waals surface area contributed by atoms with Gasteiger partial charge in [0.15, 0.2) is 0 Å². The first kappa shape index (κ1) is 34.4. The van der Waals surface area contributed by atoms with E-state index in [4.69, 9.17) is 9.97 Å². The van der Waals surface area contributed by atoms with Crippen LogP contribution in [0.2, 0.25) is 0 Å². The first-order chi connectivity index (χ1) is 29.1. The lowest BCUT2D eigenvalue weighted by molar-refractivity contribution is 1.00. The van der Waals surface area contributed by atoms with Crippen molar-refractivity contribution in [2.24, 2.45) is 0 Å². The summed E-state index contributed by atoms with van der Waals surface area (Å²) in [6, 6.07) is 64.7. The van der Waals surface area contributed by atoms with Crippen molar-refractivity contribution in [3.63, 3.8) is 0 Å². The van der Waals surface area contributed by atoms with Gasteiger partial charge in [-0.25, -0.2) is 9.97 Å². The van der Waals surface area contributed by atoms with Gasteiger partial charge in [-0.05, 0) is 94.6 Å². The van der Waals surface area contributed by atoms with Gasteiger partial charge in [0.05, 0.1) is 33.3 Å². The third kappa shape index (κ3) is 5.68. The molecule has 11 aromatic rings. The van der Waals surface area contributed by atoms with Crippen LogP contribution in [0.3, 0.4) is 0 Å². The number of hydrogen-bond donors (Lipinski definition) is 0. The molecule has 0 saturated carbocycles. The Morgan fingerprint density at radius 3 is 1.75 bits per heavy atom. The maximum absolute atomic E-state index is 5.37. The maximum Gasteiger partial charge on any atom is 0.235 e. The largest absolute Gasteiger partial charge is 0.309 e. The first-order valence-corrected chi connectivity index (χ1v) is 20.0. The number of allylic oxidation sites excluding steroid dienone is 5. The number of rotatable bonds is 7. The molecule has 0 radical (unpaired) electrons. The zero-order chi connectivity index (χ0) is 39.5. The second kappa shape index (κ2) is 14.0. The Morgan fingerprint density at radius 2 is 1.03 bits per heavy atom. The quantitative estimate of drug-likeness (QED) is 0.152. The van der Waals surface area contributed by atoms with Gasteiger partial charge in [-0.3, -0.25) is 4.57 Å². The Morgan fingerprint density at radius 1 is 0.475 bits per heavy atom.